The lowest BCUT2D eigenvalue weighted by molar-refractivity contribution is 0.0900. The summed E-state index contributed by atoms with van der Waals surface area (Å²) in [5.74, 6) is -3.27. The molecule has 0 spiro atoms. The van der Waals surface area contributed by atoms with Crippen LogP contribution >= 0.6 is 0 Å². The third-order valence-corrected chi connectivity index (χ3v) is 10.3. The monoisotopic (exact) mass is 727 g/mol. The van der Waals surface area contributed by atoms with Gasteiger partial charge in [-0.1, -0.05) is 47.5 Å². The Labute approximate surface area is 306 Å². The van der Waals surface area contributed by atoms with Crippen molar-refractivity contribution in [3.05, 3.63) is 86.7 Å². The summed E-state index contributed by atoms with van der Waals surface area (Å²) in [6, 6.07) is 6.85. The van der Waals surface area contributed by atoms with Gasteiger partial charge in [0.15, 0.2) is 11.6 Å². The van der Waals surface area contributed by atoms with Gasteiger partial charge >= 0.3 is 0 Å². The summed E-state index contributed by atoms with van der Waals surface area (Å²) < 4.78 is 45.9. The van der Waals surface area contributed by atoms with Crippen LogP contribution in [0.2, 0.25) is 0 Å². The van der Waals surface area contributed by atoms with Crippen LogP contribution in [0.5, 0.6) is 0 Å². The average Bonchev–Trinajstić information content (AvgIpc) is 3.77. The topological polar surface area (TPSA) is 149 Å². The number of rotatable bonds is 6. The smallest absolute Gasteiger partial charge is 0.253 e. The Hall–Kier alpha value is -5.25. The average molecular weight is 728 g/mol. The molecular weight excluding hydrogens is 683 g/mol. The van der Waals surface area contributed by atoms with Crippen LogP contribution in [0.15, 0.2) is 24.3 Å². The Morgan fingerprint density at radius 2 is 1.38 bits per heavy atom. The third-order valence-electron chi connectivity index (χ3n) is 10.3. The van der Waals surface area contributed by atoms with E-state index in [9.17, 15) is 23.2 Å². The second kappa shape index (κ2) is 14.0. The number of carbonyl (C=O) groups is 3. The fourth-order valence-electron chi connectivity index (χ4n) is 8.00. The zero-order valence-electron chi connectivity index (χ0n) is 30.9. The number of halogens is 3. The minimum absolute atomic E-state index is 0.00501. The summed E-state index contributed by atoms with van der Waals surface area (Å²) in [6.07, 6.45) is 6.93. The molecule has 0 aliphatic heterocycles. The third kappa shape index (κ3) is 7.24. The van der Waals surface area contributed by atoms with E-state index in [1.807, 2.05) is 20.8 Å². The zero-order valence-corrected chi connectivity index (χ0v) is 30.9. The van der Waals surface area contributed by atoms with Gasteiger partial charge in [0.25, 0.3) is 5.91 Å². The number of nitrogens with zero attached hydrogens (tertiary/aromatic N) is 5. The van der Waals surface area contributed by atoms with Crippen molar-refractivity contribution in [1.82, 2.24) is 19.6 Å². The summed E-state index contributed by atoms with van der Waals surface area (Å²) in [7, 11) is 0. The molecule has 3 N–H and O–H groups in total. The first-order valence-corrected chi connectivity index (χ1v) is 18.0. The lowest BCUT2D eigenvalue weighted by Gasteiger charge is -2.29. The quantitative estimate of drug-likeness (QED) is 0.207. The Bertz CT molecular complexity index is 2180. The fourth-order valence-corrected chi connectivity index (χ4v) is 8.00. The Morgan fingerprint density at radius 3 is 1.92 bits per heavy atom. The Kier molecular flexibility index (Phi) is 9.87. The first-order valence-electron chi connectivity index (χ1n) is 18.0. The number of nitrogens with two attached hydrogens (primary N) is 1. The van der Waals surface area contributed by atoms with Gasteiger partial charge in [0.1, 0.15) is 29.1 Å². The number of aryl methyl sites for hydroxylation is 2. The van der Waals surface area contributed by atoms with Gasteiger partial charge in [-0.3, -0.25) is 14.4 Å². The number of nitrogens with one attached hydrogen (secondary N) is 1. The van der Waals surface area contributed by atoms with Gasteiger partial charge in [0.05, 0.1) is 56.5 Å². The predicted octanol–water partition coefficient (Wildman–Crippen LogP) is 7.67. The summed E-state index contributed by atoms with van der Waals surface area (Å²) >= 11 is 0. The maximum atomic E-state index is 15.0. The molecular formula is C40H44F3N7O3. The van der Waals surface area contributed by atoms with Gasteiger partial charge in [-0.2, -0.15) is 15.5 Å². The highest BCUT2D eigenvalue weighted by Gasteiger charge is 2.38. The molecule has 0 unspecified atom stereocenters. The lowest BCUT2D eigenvalue weighted by atomic mass is 9.75. The first kappa shape index (κ1) is 37.5. The fraction of sp³-hybridized carbons (Fsp3) is 0.450. The second-order valence-corrected chi connectivity index (χ2v) is 16.0. The number of benzene rings is 2. The van der Waals surface area contributed by atoms with Gasteiger partial charge in [0, 0.05) is 37.1 Å². The molecule has 3 aliphatic rings. The van der Waals surface area contributed by atoms with Gasteiger partial charge in [-0.25, -0.2) is 22.5 Å². The molecule has 7 rings (SSSR count). The molecule has 0 radical (unpaired) electrons. The Morgan fingerprint density at radius 1 is 0.868 bits per heavy atom. The molecule has 3 aliphatic carbocycles. The maximum absolute atomic E-state index is 15.0. The van der Waals surface area contributed by atoms with Crippen molar-refractivity contribution in [2.24, 2.45) is 16.6 Å². The van der Waals surface area contributed by atoms with Crippen molar-refractivity contribution in [2.45, 2.75) is 105 Å². The van der Waals surface area contributed by atoms with Crippen molar-refractivity contribution >= 4 is 23.2 Å². The molecule has 0 saturated heterocycles. The highest BCUT2D eigenvalue weighted by atomic mass is 19.1. The molecule has 2 aromatic carbocycles. The number of anilines is 1. The van der Waals surface area contributed by atoms with Gasteiger partial charge in [0.2, 0.25) is 0 Å². The van der Waals surface area contributed by atoms with Crippen LogP contribution in [0.25, 0.3) is 11.4 Å². The van der Waals surface area contributed by atoms with E-state index in [1.165, 1.54) is 16.8 Å². The number of fused-ring (bicyclic) bond motifs is 2. The molecule has 1 amide bonds. The summed E-state index contributed by atoms with van der Waals surface area (Å²) in [6.45, 7) is 11.7. The number of hydrogen-bond donors (Lipinski definition) is 2. The van der Waals surface area contributed by atoms with E-state index in [0.717, 1.165) is 49.2 Å². The number of Topliss-reactive ketones (excluding diaryl/α,β-unsaturated/α-hetero) is 2. The van der Waals surface area contributed by atoms with Crippen LogP contribution < -0.4 is 11.1 Å². The highest BCUT2D eigenvalue weighted by molar-refractivity contribution is 6.01. The molecule has 4 aromatic rings. The van der Waals surface area contributed by atoms with Crippen molar-refractivity contribution in [1.29, 1.82) is 5.26 Å². The minimum Gasteiger partial charge on any atom is -0.382 e. The first-order chi connectivity index (χ1) is 24.9. The molecule has 1 fully saturated rings. The summed E-state index contributed by atoms with van der Waals surface area (Å²) in [4.78, 5) is 37.1. The molecule has 53 heavy (non-hydrogen) atoms. The van der Waals surface area contributed by atoms with Crippen LogP contribution in [0, 0.1) is 46.5 Å². The van der Waals surface area contributed by atoms with E-state index in [0.29, 0.717) is 66.0 Å². The zero-order chi connectivity index (χ0) is 38.6. The minimum atomic E-state index is -0.939. The van der Waals surface area contributed by atoms with Crippen molar-refractivity contribution in [2.75, 3.05) is 5.32 Å². The molecule has 13 heteroatoms. The summed E-state index contributed by atoms with van der Waals surface area (Å²) in [5.41, 5.74) is 9.33. The normalized spacial score (nSPS) is 17.4. The number of hydrogen-bond acceptors (Lipinski definition) is 7. The number of primary amides is 1. The Balaban J connectivity index is 0.000000188. The van der Waals surface area contributed by atoms with Crippen molar-refractivity contribution < 1.29 is 27.6 Å². The molecule has 0 bridgehead atoms. The molecule has 2 heterocycles. The molecule has 0 atom stereocenters. The van der Waals surface area contributed by atoms with E-state index in [2.05, 4.69) is 29.4 Å². The van der Waals surface area contributed by atoms with Gasteiger partial charge in [-0.15, -0.1) is 0 Å². The molecule has 1 saturated carbocycles. The van der Waals surface area contributed by atoms with Gasteiger partial charge in [-0.05, 0) is 55.9 Å². The van der Waals surface area contributed by atoms with E-state index < -0.39 is 28.9 Å². The maximum Gasteiger partial charge on any atom is 0.253 e. The molecule has 278 valence electrons. The number of aromatic nitrogens is 4. The SMILES string of the molecule is CCc1nn(-c2cc(F)c(C(N)=O)c(NC3CCCC3)c2)c2c1C(=O)CC(C)(C)C2.Cc1nn(-c2cc(F)c(C#N)c(F)c2)c2c1C(=O)CC(C)(C)C2. The number of amides is 1. The van der Waals surface area contributed by atoms with Crippen LogP contribution in [0.4, 0.5) is 18.9 Å². The second-order valence-electron chi connectivity index (χ2n) is 16.0. The lowest BCUT2D eigenvalue weighted by Crippen LogP contribution is -2.28. The highest BCUT2D eigenvalue weighted by Crippen LogP contribution is 2.39. The van der Waals surface area contributed by atoms with Crippen LogP contribution in [-0.2, 0) is 19.3 Å². The number of nitriles is 1. The van der Waals surface area contributed by atoms with E-state index in [4.69, 9.17) is 11.0 Å². The van der Waals surface area contributed by atoms with Crippen LogP contribution in [0.3, 0.4) is 0 Å². The van der Waals surface area contributed by atoms with E-state index in [1.54, 1.807) is 17.7 Å². The molecule has 10 nitrogen and oxygen atoms in total. The van der Waals surface area contributed by atoms with Crippen LogP contribution in [-0.4, -0.2) is 43.1 Å². The van der Waals surface area contributed by atoms with E-state index in [-0.39, 0.29) is 39.7 Å². The number of ketones is 2. The predicted molar refractivity (Wildman–Crippen MR) is 193 cm³/mol. The van der Waals surface area contributed by atoms with Crippen LogP contribution in [0.1, 0.15) is 133 Å². The van der Waals surface area contributed by atoms with Gasteiger partial charge < -0.3 is 11.1 Å². The molecule has 2 aromatic heterocycles. The summed E-state index contributed by atoms with van der Waals surface area (Å²) in [5, 5.41) is 21.0. The number of carbonyl (C=O) groups excluding carboxylic acids is 3. The van der Waals surface area contributed by atoms with E-state index >= 15 is 4.39 Å². The van der Waals surface area contributed by atoms with Crippen molar-refractivity contribution in [3.63, 3.8) is 0 Å². The standard InChI is InChI=1S/C23H29FN4O2.C17H15F2N3O/c1-4-16-21-18(11-23(2,3)12-19(21)29)28(27-16)14-9-15(24)20(22(25)30)17(10-14)26-13-7-5-6-8-13;1-9-16-14(6-17(2,3)7-15(16)23)22(21-9)10-4-12(18)11(8-20)13(19)5-10/h9-10,13,26H,4-8,11-12H2,1-3H3,(H2,25,30);4-5H,6-7H2,1-3H3. The van der Waals surface area contributed by atoms with Crippen molar-refractivity contribution in [3.8, 4) is 17.4 Å². The largest absolute Gasteiger partial charge is 0.382 e.